The Hall–Kier alpha value is -3.02. The molecule has 0 bridgehead atoms. The molecule has 0 spiro atoms. The number of carbonyl (C=O) groups is 1. The van der Waals surface area contributed by atoms with Crippen LogP contribution in [-0.2, 0) is 11.2 Å². The van der Waals surface area contributed by atoms with Gasteiger partial charge in [0.05, 0.1) is 0 Å². The summed E-state index contributed by atoms with van der Waals surface area (Å²) in [5.41, 5.74) is 0.626. The molecule has 0 fully saturated rings. The standard InChI is InChI=1S/C29H36F2N2O2/c1-2-3-4-5-6-7-8-9-10-14-18-23-21-26(33-35-23)27(22-16-12-11-13-17-22)29(34)32-28-24(30)19-15-20-25(28)31/h11-13,15-17,19-21,27H,2-10,14,18H2,1H3,(H,32,34). The number of hydrogen-bond donors (Lipinski definition) is 1. The fraction of sp³-hybridized carbons (Fsp3) is 0.448. The van der Waals surface area contributed by atoms with Crippen LogP contribution < -0.4 is 5.32 Å². The Balaban J connectivity index is 1.56. The minimum Gasteiger partial charge on any atom is -0.361 e. The third-order valence-electron chi connectivity index (χ3n) is 6.26. The van der Waals surface area contributed by atoms with Crippen molar-refractivity contribution >= 4 is 11.6 Å². The lowest BCUT2D eigenvalue weighted by atomic mass is 9.94. The molecular formula is C29H36F2N2O2. The number of halogens is 2. The fourth-order valence-corrected chi connectivity index (χ4v) is 4.28. The normalized spacial score (nSPS) is 12.0. The van der Waals surface area contributed by atoms with Gasteiger partial charge in [0.25, 0.3) is 0 Å². The van der Waals surface area contributed by atoms with Crippen LogP contribution in [0.1, 0.15) is 94.1 Å². The van der Waals surface area contributed by atoms with Gasteiger partial charge in [0.2, 0.25) is 5.91 Å². The quantitative estimate of drug-likeness (QED) is 0.222. The number of rotatable bonds is 15. The number of aryl methyl sites for hydroxylation is 1. The van der Waals surface area contributed by atoms with E-state index in [0.717, 1.165) is 31.4 Å². The van der Waals surface area contributed by atoms with Crippen LogP contribution in [0, 0.1) is 11.6 Å². The third kappa shape index (κ3) is 8.30. The number of amides is 1. The van der Waals surface area contributed by atoms with E-state index < -0.39 is 29.1 Å². The Morgan fingerprint density at radius 1 is 0.857 bits per heavy atom. The van der Waals surface area contributed by atoms with Crippen molar-refractivity contribution in [1.82, 2.24) is 5.16 Å². The maximum absolute atomic E-state index is 14.1. The topological polar surface area (TPSA) is 55.1 Å². The van der Waals surface area contributed by atoms with Gasteiger partial charge in [-0.3, -0.25) is 4.79 Å². The van der Waals surface area contributed by atoms with E-state index in [1.807, 2.05) is 18.2 Å². The minimum atomic E-state index is -0.847. The molecule has 3 rings (SSSR count). The molecule has 0 aliphatic carbocycles. The number of nitrogens with zero attached hydrogens (tertiary/aromatic N) is 1. The Labute approximate surface area is 207 Å². The average Bonchev–Trinajstić information content (AvgIpc) is 3.32. The molecule has 4 nitrogen and oxygen atoms in total. The van der Waals surface area contributed by atoms with Crippen LogP contribution in [0.2, 0.25) is 0 Å². The first-order valence-electron chi connectivity index (χ1n) is 12.9. The molecule has 1 N–H and O–H groups in total. The largest absolute Gasteiger partial charge is 0.361 e. The van der Waals surface area contributed by atoms with E-state index in [1.54, 1.807) is 18.2 Å². The number of aromatic nitrogens is 1. The van der Waals surface area contributed by atoms with Gasteiger partial charge in [0.15, 0.2) is 0 Å². The molecule has 1 unspecified atom stereocenters. The van der Waals surface area contributed by atoms with E-state index in [9.17, 15) is 13.6 Å². The molecule has 1 atom stereocenters. The van der Waals surface area contributed by atoms with Crippen molar-refractivity contribution in [1.29, 1.82) is 0 Å². The minimum absolute atomic E-state index is 0.424. The van der Waals surface area contributed by atoms with Gasteiger partial charge in [0.1, 0.15) is 34.7 Å². The van der Waals surface area contributed by atoms with E-state index in [2.05, 4.69) is 17.4 Å². The van der Waals surface area contributed by atoms with Crippen LogP contribution in [0.25, 0.3) is 0 Å². The van der Waals surface area contributed by atoms with Crippen molar-refractivity contribution in [3.8, 4) is 0 Å². The van der Waals surface area contributed by atoms with E-state index in [-0.39, 0.29) is 0 Å². The summed E-state index contributed by atoms with van der Waals surface area (Å²) in [6.07, 6.45) is 13.3. The monoisotopic (exact) mass is 482 g/mol. The summed E-state index contributed by atoms with van der Waals surface area (Å²) in [5, 5.41) is 6.54. The highest BCUT2D eigenvalue weighted by molar-refractivity contribution is 5.98. The SMILES string of the molecule is CCCCCCCCCCCCc1cc(C(C(=O)Nc2c(F)cccc2F)c2ccccc2)no1. The van der Waals surface area contributed by atoms with Gasteiger partial charge in [-0.1, -0.05) is 106 Å². The lowest BCUT2D eigenvalue weighted by Gasteiger charge is -2.15. The van der Waals surface area contributed by atoms with Crippen LogP contribution in [0.4, 0.5) is 14.5 Å². The summed E-state index contributed by atoms with van der Waals surface area (Å²) in [5.74, 6) is -2.36. The first kappa shape index (κ1) is 26.6. The molecule has 0 radical (unpaired) electrons. The fourth-order valence-electron chi connectivity index (χ4n) is 4.28. The zero-order valence-corrected chi connectivity index (χ0v) is 20.6. The maximum Gasteiger partial charge on any atom is 0.238 e. The summed E-state index contributed by atoms with van der Waals surface area (Å²) < 4.78 is 33.7. The second-order valence-electron chi connectivity index (χ2n) is 9.08. The predicted octanol–water partition coefficient (Wildman–Crippen LogP) is 8.19. The molecule has 6 heteroatoms. The van der Waals surface area contributed by atoms with Gasteiger partial charge in [-0.2, -0.15) is 0 Å². The van der Waals surface area contributed by atoms with Crippen LogP contribution in [0.5, 0.6) is 0 Å². The zero-order valence-electron chi connectivity index (χ0n) is 20.6. The Bertz CT molecular complexity index is 1020. The second kappa shape index (κ2) is 14.4. The van der Waals surface area contributed by atoms with Gasteiger partial charge < -0.3 is 9.84 Å². The van der Waals surface area contributed by atoms with Crippen molar-refractivity contribution in [2.24, 2.45) is 0 Å². The summed E-state index contributed by atoms with van der Waals surface area (Å²) in [4.78, 5) is 13.1. The van der Waals surface area contributed by atoms with Crippen molar-refractivity contribution in [3.05, 3.63) is 83.2 Å². The maximum atomic E-state index is 14.1. The van der Waals surface area contributed by atoms with Gasteiger partial charge in [0, 0.05) is 12.5 Å². The predicted molar refractivity (Wildman–Crippen MR) is 135 cm³/mol. The number of carbonyl (C=O) groups excluding carboxylic acids is 1. The van der Waals surface area contributed by atoms with Crippen LogP contribution in [-0.4, -0.2) is 11.1 Å². The van der Waals surface area contributed by atoms with Crippen LogP contribution in [0.3, 0.4) is 0 Å². The van der Waals surface area contributed by atoms with Crippen LogP contribution >= 0.6 is 0 Å². The molecule has 0 saturated carbocycles. The summed E-state index contributed by atoms with van der Waals surface area (Å²) >= 11 is 0. The molecule has 0 aliphatic heterocycles. The molecule has 35 heavy (non-hydrogen) atoms. The number of nitrogens with one attached hydrogen (secondary N) is 1. The van der Waals surface area contributed by atoms with Crippen molar-refractivity contribution in [2.75, 3.05) is 5.32 Å². The summed E-state index contributed by atoms with van der Waals surface area (Å²) in [6.45, 7) is 2.24. The molecule has 1 amide bonds. The molecule has 3 aromatic rings. The molecule has 1 heterocycles. The summed E-state index contributed by atoms with van der Waals surface area (Å²) in [7, 11) is 0. The first-order chi connectivity index (χ1) is 17.1. The Morgan fingerprint density at radius 3 is 2.09 bits per heavy atom. The molecule has 0 aliphatic rings. The smallest absolute Gasteiger partial charge is 0.238 e. The highest BCUT2D eigenvalue weighted by Crippen LogP contribution is 2.28. The van der Waals surface area contributed by atoms with Crippen molar-refractivity contribution in [2.45, 2.75) is 83.5 Å². The van der Waals surface area contributed by atoms with Gasteiger partial charge in [-0.05, 0) is 24.1 Å². The van der Waals surface area contributed by atoms with E-state index >= 15 is 0 Å². The van der Waals surface area contributed by atoms with Crippen LogP contribution in [0.15, 0.2) is 59.1 Å². The number of para-hydroxylation sites is 1. The Morgan fingerprint density at radius 2 is 1.46 bits per heavy atom. The molecule has 2 aromatic carbocycles. The van der Waals surface area contributed by atoms with Gasteiger partial charge in [-0.15, -0.1) is 0 Å². The molecule has 1 aromatic heterocycles. The lowest BCUT2D eigenvalue weighted by Crippen LogP contribution is -2.23. The van der Waals surface area contributed by atoms with Gasteiger partial charge >= 0.3 is 0 Å². The number of anilines is 1. The van der Waals surface area contributed by atoms with E-state index in [4.69, 9.17) is 4.52 Å². The van der Waals surface area contributed by atoms with Crippen molar-refractivity contribution < 1.29 is 18.1 Å². The van der Waals surface area contributed by atoms with E-state index in [1.165, 1.54) is 57.4 Å². The number of benzene rings is 2. The number of unbranched alkanes of at least 4 members (excludes halogenated alkanes) is 9. The Kier molecular flexibility index (Phi) is 10.9. The highest BCUT2D eigenvalue weighted by atomic mass is 19.1. The lowest BCUT2D eigenvalue weighted by molar-refractivity contribution is -0.116. The first-order valence-corrected chi connectivity index (χ1v) is 12.9. The third-order valence-corrected chi connectivity index (χ3v) is 6.26. The average molecular weight is 483 g/mol. The highest BCUT2D eigenvalue weighted by Gasteiger charge is 2.28. The molecule has 0 saturated heterocycles. The second-order valence-corrected chi connectivity index (χ2v) is 9.08. The molecular weight excluding hydrogens is 446 g/mol. The van der Waals surface area contributed by atoms with Crippen molar-refractivity contribution in [3.63, 3.8) is 0 Å². The zero-order chi connectivity index (χ0) is 24.9. The summed E-state index contributed by atoms with van der Waals surface area (Å²) in [6, 6.07) is 14.3. The van der Waals surface area contributed by atoms with Gasteiger partial charge in [-0.25, -0.2) is 8.78 Å². The molecule has 188 valence electrons. The number of hydrogen-bond acceptors (Lipinski definition) is 3. The van der Waals surface area contributed by atoms with E-state index in [0.29, 0.717) is 17.0 Å².